The van der Waals surface area contributed by atoms with Crippen molar-refractivity contribution in [2.45, 2.75) is 6.54 Å². The van der Waals surface area contributed by atoms with Crippen LogP contribution in [0.2, 0.25) is 0 Å². The maximum Gasteiger partial charge on any atom is 0.251 e. The van der Waals surface area contributed by atoms with Crippen LogP contribution in [-0.2, 0) is 6.54 Å². The predicted octanol–water partition coefficient (Wildman–Crippen LogP) is -0.312. The molecule has 0 aliphatic heterocycles. The van der Waals surface area contributed by atoms with Gasteiger partial charge in [-0.1, -0.05) is 5.16 Å². The largest absolute Gasteiger partial charge is 0.345 e. The van der Waals surface area contributed by atoms with Gasteiger partial charge >= 0.3 is 0 Å². The molecule has 0 saturated heterocycles. The standard InChI is InChI=1S/C9H8N4O3/c14-8-3-6(1-2-10-8)9(15)11-4-7-12-5-16-13-7/h1-3,5H,4H2,(H,10,14)(H,11,15). The summed E-state index contributed by atoms with van der Waals surface area (Å²) in [4.78, 5) is 28.7. The van der Waals surface area contributed by atoms with Gasteiger partial charge in [0.2, 0.25) is 12.0 Å². The molecule has 1 amide bonds. The summed E-state index contributed by atoms with van der Waals surface area (Å²) in [6.07, 6.45) is 2.58. The van der Waals surface area contributed by atoms with Crippen LogP contribution in [0.25, 0.3) is 0 Å². The molecule has 0 bridgehead atoms. The van der Waals surface area contributed by atoms with Gasteiger partial charge in [0.05, 0.1) is 6.54 Å². The smallest absolute Gasteiger partial charge is 0.251 e. The third-order valence-electron chi connectivity index (χ3n) is 1.85. The molecule has 7 nitrogen and oxygen atoms in total. The molecule has 2 aromatic heterocycles. The van der Waals surface area contributed by atoms with Crippen LogP contribution in [0, 0.1) is 0 Å². The lowest BCUT2D eigenvalue weighted by Crippen LogP contribution is -2.24. The van der Waals surface area contributed by atoms with E-state index < -0.39 is 0 Å². The maximum atomic E-state index is 11.5. The number of aromatic amines is 1. The second kappa shape index (κ2) is 4.39. The van der Waals surface area contributed by atoms with Gasteiger partial charge in [-0.15, -0.1) is 0 Å². The molecule has 0 aliphatic rings. The summed E-state index contributed by atoms with van der Waals surface area (Å²) in [5, 5.41) is 6.08. The van der Waals surface area contributed by atoms with Gasteiger partial charge in [-0.25, -0.2) is 0 Å². The van der Waals surface area contributed by atoms with E-state index in [1.54, 1.807) is 0 Å². The number of aromatic nitrogens is 3. The van der Waals surface area contributed by atoms with Crippen molar-refractivity contribution in [1.29, 1.82) is 0 Å². The van der Waals surface area contributed by atoms with Crippen molar-refractivity contribution in [3.05, 3.63) is 46.5 Å². The number of carbonyl (C=O) groups is 1. The van der Waals surface area contributed by atoms with Crippen LogP contribution in [0.1, 0.15) is 16.2 Å². The fourth-order valence-electron chi connectivity index (χ4n) is 1.12. The fraction of sp³-hybridized carbons (Fsp3) is 0.111. The zero-order valence-electron chi connectivity index (χ0n) is 8.14. The second-order valence-corrected chi connectivity index (χ2v) is 2.97. The lowest BCUT2D eigenvalue weighted by atomic mass is 10.2. The monoisotopic (exact) mass is 220 g/mol. The van der Waals surface area contributed by atoms with Crippen LogP contribution in [-0.4, -0.2) is 21.0 Å². The van der Waals surface area contributed by atoms with Crippen LogP contribution in [0.4, 0.5) is 0 Å². The van der Waals surface area contributed by atoms with Gasteiger partial charge in [0.25, 0.3) is 5.91 Å². The summed E-state index contributed by atoms with van der Waals surface area (Å²) >= 11 is 0. The SMILES string of the molecule is O=C(NCc1ncon1)c1cc[nH]c(=O)c1. The number of amides is 1. The molecule has 0 fully saturated rings. The van der Waals surface area contributed by atoms with E-state index in [0.29, 0.717) is 5.82 Å². The van der Waals surface area contributed by atoms with Gasteiger partial charge in [-0.2, -0.15) is 4.98 Å². The number of hydrogen-bond donors (Lipinski definition) is 2. The topological polar surface area (TPSA) is 101 Å². The van der Waals surface area contributed by atoms with Crippen LogP contribution in [0.15, 0.2) is 34.0 Å². The summed E-state index contributed by atoms with van der Waals surface area (Å²) in [5.41, 5.74) is -0.0422. The Kier molecular flexibility index (Phi) is 2.77. The van der Waals surface area contributed by atoms with Crippen molar-refractivity contribution in [3.8, 4) is 0 Å². The van der Waals surface area contributed by atoms with E-state index in [4.69, 9.17) is 0 Å². The van der Waals surface area contributed by atoms with E-state index in [0.717, 1.165) is 0 Å². The average Bonchev–Trinajstić information content (AvgIpc) is 2.78. The van der Waals surface area contributed by atoms with Crippen LogP contribution < -0.4 is 10.9 Å². The molecule has 16 heavy (non-hydrogen) atoms. The third-order valence-corrected chi connectivity index (χ3v) is 1.85. The van der Waals surface area contributed by atoms with Gasteiger partial charge < -0.3 is 14.8 Å². The van der Waals surface area contributed by atoms with E-state index in [1.807, 2.05) is 0 Å². The highest BCUT2D eigenvalue weighted by molar-refractivity contribution is 5.93. The molecule has 0 aromatic carbocycles. The minimum Gasteiger partial charge on any atom is -0.345 e. The molecular weight excluding hydrogens is 212 g/mol. The lowest BCUT2D eigenvalue weighted by Gasteiger charge is -2.00. The first-order chi connectivity index (χ1) is 7.75. The normalized spacial score (nSPS) is 10.0. The molecule has 0 saturated carbocycles. The molecular formula is C9H8N4O3. The zero-order chi connectivity index (χ0) is 11.4. The van der Waals surface area contributed by atoms with Crippen molar-refractivity contribution < 1.29 is 9.32 Å². The van der Waals surface area contributed by atoms with Crippen molar-refractivity contribution in [3.63, 3.8) is 0 Å². The Morgan fingerprint density at radius 2 is 2.44 bits per heavy atom. The Bertz CT molecular complexity index is 532. The summed E-state index contributed by atoms with van der Waals surface area (Å²) in [6, 6.07) is 2.72. The predicted molar refractivity (Wildman–Crippen MR) is 52.5 cm³/mol. The number of H-pyrrole nitrogens is 1. The first-order valence-corrected chi connectivity index (χ1v) is 4.48. The molecule has 2 N–H and O–H groups in total. The van der Waals surface area contributed by atoms with Gasteiger partial charge in [0.1, 0.15) is 0 Å². The highest BCUT2D eigenvalue weighted by Gasteiger charge is 2.06. The van der Waals surface area contributed by atoms with Crippen molar-refractivity contribution in [1.82, 2.24) is 20.4 Å². The Labute approximate surface area is 89.5 Å². The highest BCUT2D eigenvalue weighted by atomic mass is 16.5. The maximum absolute atomic E-state index is 11.5. The average molecular weight is 220 g/mol. The number of nitrogens with zero attached hydrogens (tertiary/aromatic N) is 2. The first-order valence-electron chi connectivity index (χ1n) is 4.48. The van der Waals surface area contributed by atoms with Crippen molar-refractivity contribution in [2.75, 3.05) is 0 Å². The summed E-state index contributed by atoms with van der Waals surface area (Å²) in [7, 11) is 0. The van der Waals surface area contributed by atoms with Crippen LogP contribution in [0.3, 0.4) is 0 Å². The Morgan fingerprint density at radius 3 is 3.12 bits per heavy atom. The van der Waals surface area contributed by atoms with E-state index in [2.05, 4.69) is 25.0 Å². The van der Waals surface area contributed by atoms with Crippen molar-refractivity contribution in [2.24, 2.45) is 0 Å². The quantitative estimate of drug-likeness (QED) is 0.738. The van der Waals surface area contributed by atoms with Crippen molar-refractivity contribution >= 4 is 5.91 Å². The Balaban J connectivity index is 2.01. The molecule has 2 heterocycles. The third kappa shape index (κ3) is 2.32. The Hall–Kier alpha value is -2.44. The summed E-state index contributed by atoms with van der Waals surface area (Å²) in [6.45, 7) is 0.155. The van der Waals surface area contributed by atoms with Crippen LogP contribution >= 0.6 is 0 Å². The van der Waals surface area contributed by atoms with Crippen LogP contribution in [0.5, 0.6) is 0 Å². The zero-order valence-corrected chi connectivity index (χ0v) is 8.14. The minimum absolute atomic E-state index is 0.155. The van der Waals surface area contributed by atoms with Gasteiger partial charge in [-0.3, -0.25) is 9.59 Å². The number of hydrogen-bond acceptors (Lipinski definition) is 5. The minimum atomic E-state index is -0.365. The lowest BCUT2D eigenvalue weighted by molar-refractivity contribution is 0.0949. The molecule has 0 radical (unpaired) electrons. The summed E-state index contributed by atoms with van der Waals surface area (Å²) < 4.78 is 4.50. The van der Waals surface area contributed by atoms with E-state index in [-0.39, 0.29) is 23.6 Å². The van der Waals surface area contributed by atoms with Gasteiger partial charge in [0, 0.05) is 17.8 Å². The highest BCUT2D eigenvalue weighted by Crippen LogP contribution is 1.94. The number of nitrogens with one attached hydrogen (secondary N) is 2. The molecule has 0 spiro atoms. The number of pyridine rings is 1. The molecule has 2 aromatic rings. The van der Waals surface area contributed by atoms with E-state index in [1.165, 1.54) is 24.7 Å². The van der Waals surface area contributed by atoms with E-state index in [9.17, 15) is 9.59 Å². The summed E-state index contributed by atoms with van der Waals surface area (Å²) in [5.74, 6) is 0.00842. The molecule has 0 unspecified atom stereocenters. The Morgan fingerprint density at radius 1 is 1.56 bits per heavy atom. The molecule has 0 aliphatic carbocycles. The molecule has 7 heteroatoms. The fourth-order valence-corrected chi connectivity index (χ4v) is 1.12. The number of rotatable bonds is 3. The molecule has 82 valence electrons. The molecule has 0 atom stereocenters. The first kappa shape index (κ1) is 10.1. The van der Waals surface area contributed by atoms with E-state index >= 15 is 0 Å². The second-order valence-electron chi connectivity index (χ2n) is 2.97. The van der Waals surface area contributed by atoms with Gasteiger partial charge in [-0.05, 0) is 6.07 Å². The van der Waals surface area contributed by atoms with Gasteiger partial charge in [0.15, 0.2) is 5.82 Å². The molecule has 2 rings (SSSR count). The number of carbonyl (C=O) groups excluding carboxylic acids is 1.